The van der Waals surface area contributed by atoms with E-state index >= 15 is 0 Å². The molecule has 8 heteroatoms. The van der Waals surface area contributed by atoms with Crippen LogP contribution in [0.15, 0.2) is 53.7 Å². The number of methoxy groups -OCH3 is 1. The van der Waals surface area contributed by atoms with E-state index in [4.69, 9.17) is 4.74 Å². The maximum absolute atomic E-state index is 13.6. The number of thioether (sulfide) groups is 1. The number of nitrogens with one attached hydrogen (secondary N) is 1. The number of hydrogen-bond acceptors (Lipinski definition) is 5. The lowest BCUT2D eigenvalue weighted by molar-refractivity contribution is -0.118. The van der Waals surface area contributed by atoms with E-state index in [2.05, 4.69) is 15.5 Å². The van der Waals surface area contributed by atoms with Crippen LogP contribution in [0.25, 0.3) is 5.69 Å². The first-order valence-corrected chi connectivity index (χ1v) is 9.76. The summed E-state index contributed by atoms with van der Waals surface area (Å²) in [4.78, 5) is 12.1. The maximum atomic E-state index is 13.6. The normalized spacial score (nSPS) is 10.7. The van der Waals surface area contributed by atoms with Crippen LogP contribution in [0, 0.1) is 12.7 Å². The Balaban J connectivity index is 1.56. The highest BCUT2D eigenvalue weighted by molar-refractivity contribution is 7.99. The van der Waals surface area contributed by atoms with Crippen molar-refractivity contribution in [1.82, 2.24) is 20.1 Å². The van der Waals surface area contributed by atoms with E-state index in [0.717, 1.165) is 17.3 Å². The standard InChI is InChI=1S/C20H21FN4O2S/c1-14-23-24-20(25(14)16-7-9-17(27-2)10-8-16)28-13-19(26)22-12-11-15-5-3-4-6-18(15)21/h3-10H,11-13H2,1-2H3,(H,22,26). The van der Waals surface area contributed by atoms with Crippen molar-refractivity contribution in [1.29, 1.82) is 0 Å². The van der Waals surface area contributed by atoms with Crippen molar-refractivity contribution in [2.45, 2.75) is 18.5 Å². The summed E-state index contributed by atoms with van der Waals surface area (Å²) in [5.41, 5.74) is 1.48. The fourth-order valence-corrected chi connectivity index (χ4v) is 3.51. The number of ether oxygens (including phenoxy) is 1. The summed E-state index contributed by atoms with van der Waals surface area (Å²) < 4.78 is 20.7. The fourth-order valence-electron chi connectivity index (χ4n) is 2.68. The molecule has 0 spiro atoms. The number of amides is 1. The smallest absolute Gasteiger partial charge is 0.230 e. The summed E-state index contributed by atoms with van der Waals surface area (Å²) in [6.45, 7) is 2.24. The van der Waals surface area contributed by atoms with Gasteiger partial charge in [-0.1, -0.05) is 30.0 Å². The molecule has 0 fully saturated rings. The molecule has 6 nitrogen and oxygen atoms in total. The molecule has 2 aromatic carbocycles. The first-order chi connectivity index (χ1) is 13.6. The van der Waals surface area contributed by atoms with Crippen molar-refractivity contribution < 1.29 is 13.9 Å². The summed E-state index contributed by atoms with van der Waals surface area (Å²) in [5, 5.41) is 11.7. The molecular formula is C20H21FN4O2S. The molecule has 0 saturated carbocycles. The van der Waals surface area contributed by atoms with Gasteiger partial charge < -0.3 is 10.1 Å². The number of nitrogens with zero attached hydrogens (tertiary/aromatic N) is 3. The quantitative estimate of drug-likeness (QED) is 0.588. The van der Waals surface area contributed by atoms with Crippen LogP contribution in [-0.2, 0) is 11.2 Å². The summed E-state index contributed by atoms with van der Waals surface area (Å²) in [6, 6.07) is 14.1. The third-order valence-corrected chi connectivity index (χ3v) is 5.06. The van der Waals surface area contributed by atoms with E-state index in [0.29, 0.717) is 23.7 Å². The largest absolute Gasteiger partial charge is 0.497 e. The second-order valence-corrected chi connectivity index (χ2v) is 6.99. The molecule has 0 aliphatic carbocycles. The summed E-state index contributed by atoms with van der Waals surface area (Å²) in [5.74, 6) is 1.30. The van der Waals surface area contributed by atoms with Gasteiger partial charge in [-0.2, -0.15) is 0 Å². The molecule has 1 aromatic heterocycles. The molecule has 0 saturated heterocycles. The lowest BCUT2D eigenvalue weighted by Crippen LogP contribution is -2.27. The minimum atomic E-state index is -0.255. The van der Waals surface area contributed by atoms with Gasteiger partial charge in [-0.3, -0.25) is 9.36 Å². The van der Waals surface area contributed by atoms with Crippen LogP contribution in [0.5, 0.6) is 5.75 Å². The van der Waals surface area contributed by atoms with Gasteiger partial charge in [0.1, 0.15) is 17.4 Å². The first kappa shape index (κ1) is 19.9. The van der Waals surface area contributed by atoms with Crippen LogP contribution < -0.4 is 10.1 Å². The van der Waals surface area contributed by atoms with Crippen molar-refractivity contribution in [3.05, 3.63) is 65.7 Å². The first-order valence-electron chi connectivity index (χ1n) is 8.78. The highest BCUT2D eigenvalue weighted by Crippen LogP contribution is 2.23. The Labute approximate surface area is 167 Å². The van der Waals surface area contributed by atoms with Gasteiger partial charge in [0, 0.05) is 12.2 Å². The number of hydrogen-bond donors (Lipinski definition) is 1. The van der Waals surface area contributed by atoms with E-state index in [-0.39, 0.29) is 17.5 Å². The molecule has 0 bridgehead atoms. The van der Waals surface area contributed by atoms with E-state index in [1.165, 1.54) is 17.8 Å². The van der Waals surface area contributed by atoms with Gasteiger partial charge in [0.15, 0.2) is 5.16 Å². The molecule has 0 radical (unpaired) electrons. The Morgan fingerprint density at radius 1 is 1.18 bits per heavy atom. The highest BCUT2D eigenvalue weighted by atomic mass is 32.2. The van der Waals surface area contributed by atoms with Gasteiger partial charge in [-0.25, -0.2) is 4.39 Å². The number of rotatable bonds is 8. The molecule has 28 heavy (non-hydrogen) atoms. The van der Waals surface area contributed by atoms with Gasteiger partial charge in [0.25, 0.3) is 0 Å². The van der Waals surface area contributed by atoms with Crippen molar-refractivity contribution in [3.8, 4) is 11.4 Å². The molecule has 0 aliphatic heterocycles. The van der Waals surface area contributed by atoms with E-state index in [9.17, 15) is 9.18 Å². The van der Waals surface area contributed by atoms with Gasteiger partial charge in [0.05, 0.1) is 12.9 Å². The van der Waals surface area contributed by atoms with Crippen LogP contribution in [0.1, 0.15) is 11.4 Å². The van der Waals surface area contributed by atoms with Crippen molar-refractivity contribution in [2.24, 2.45) is 0 Å². The van der Waals surface area contributed by atoms with Crippen molar-refractivity contribution in [3.63, 3.8) is 0 Å². The van der Waals surface area contributed by atoms with Crippen molar-refractivity contribution in [2.75, 3.05) is 19.4 Å². The van der Waals surface area contributed by atoms with E-state index in [1.807, 2.05) is 35.8 Å². The summed E-state index contributed by atoms with van der Waals surface area (Å²) in [7, 11) is 1.62. The number of carbonyl (C=O) groups is 1. The Kier molecular flexibility index (Phi) is 6.65. The van der Waals surface area contributed by atoms with Crippen LogP contribution in [0.4, 0.5) is 4.39 Å². The monoisotopic (exact) mass is 400 g/mol. The topological polar surface area (TPSA) is 69.0 Å². The van der Waals surface area contributed by atoms with Crippen LogP contribution in [-0.4, -0.2) is 40.1 Å². The SMILES string of the molecule is COc1ccc(-n2c(C)nnc2SCC(=O)NCCc2ccccc2F)cc1. The zero-order chi connectivity index (χ0) is 19.9. The number of halogens is 1. The second kappa shape index (κ2) is 9.36. The molecule has 0 aliphatic rings. The van der Waals surface area contributed by atoms with Gasteiger partial charge in [0.2, 0.25) is 5.91 Å². The third-order valence-electron chi connectivity index (χ3n) is 4.13. The molecule has 146 valence electrons. The zero-order valence-electron chi connectivity index (χ0n) is 15.7. The van der Waals surface area contributed by atoms with Crippen LogP contribution in [0.3, 0.4) is 0 Å². The molecule has 0 unspecified atom stereocenters. The minimum absolute atomic E-state index is 0.136. The van der Waals surface area contributed by atoms with Crippen LogP contribution >= 0.6 is 11.8 Å². The predicted molar refractivity (Wildman–Crippen MR) is 106 cm³/mol. The van der Waals surface area contributed by atoms with Gasteiger partial charge in [-0.05, 0) is 49.2 Å². The second-order valence-electron chi connectivity index (χ2n) is 6.04. The predicted octanol–water partition coefficient (Wildman–Crippen LogP) is 3.17. The summed E-state index contributed by atoms with van der Waals surface area (Å²) in [6.07, 6.45) is 0.449. The molecular weight excluding hydrogens is 379 g/mol. The molecule has 0 atom stereocenters. The zero-order valence-corrected chi connectivity index (χ0v) is 16.5. The Hall–Kier alpha value is -2.87. The van der Waals surface area contributed by atoms with E-state index in [1.54, 1.807) is 25.3 Å². The number of aryl methyl sites for hydroxylation is 1. The molecule has 1 heterocycles. The molecule has 1 N–H and O–H groups in total. The maximum Gasteiger partial charge on any atom is 0.230 e. The number of carbonyl (C=O) groups excluding carboxylic acids is 1. The average Bonchev–Trinajstić information content (AvgIpc) is 3.08. The third kappa shape index (κ3) is 4.89. The molecule has 1 amide bonds. The average molecular weight is 400 g/mol. The molecule has 3 rings (SSSR count). The molecule has 3 aromatic rings. The lowest BCUT2D eigenvalue weighted by atomic mass is 10.1. The number of aromatic nitrogens is 3. The Bertz CT molecular complexity index is 944. The minimum Gasteiger partial charge on any atom is -0.497 e. The van der Waals surface area contributed by atoms with Gasteiger partial charge in [-0.15, -0.1) is 10.2 Å². The highest BCUT2D eigenvalue weighted by Gasteiger charge is 2.13. The number of benzene rings is 2. The Morgan fingerprint density at radius 2 is 1.93 bits per heavy atom. The van der Waals surface area contributed by atoms with Crippen molar-refractivity contribution >= 4 is 17.7 Å². The fraction of sp³-hybridized carbons (Fsp3) is 0.250. The van der Waals surface area contributed by atoms with Crippen LogP contribution in [0.2, 0.25) is 0 Å². The Morgan fingerprint density at radius 3 is 2.64 bits per heavy atom. The van der Waals surface area contributed by atoms with E-state index < -0.39 is 0 Å². The summed E-state index contributed by atoms with van der Waals surface area (Å²) >= 11 is 1.30. The van der Waals surface area contributed by atoms with Gasteiger partial charge >= 0.3 is 0 Å². The lowest BCUT2D eigenvalue weighted by Gasteiger charge is -2.09.